The fourth-order valence-corrected chi connectivity index (χ4v) is 1.46. The Morgan fingerprint density at radius 3 is 2.50 bits per heavy atom. The molecule has 1 aliphatic heterocycles. The van der Waals surface area contributed by atoms with Crippen molar-refractivity contribution in [2.75, 3.05) is 39.6 Å². The van der Waals surface area contributed by atoms with Crippen LogP contribution in [-0.2, 0) is 18.9 Å². The standard InChI is InChI=1S/C12H22O4/c1-3-4-12-10-14-5-7-15-11(2)9-13-6-8-16-12/h3,11-12H,1,4-10H2,2H3. The first-order valence-electron chi connectivity index (χ1n) is 5.82. The highest BCUT2D eigenvalue weighted by atomic mass is 16.6. The lowest BCUT2D eigenvalue weighted by Crippen LogP contribution is -2.26. The number of ether oxygens (including phenoxy) is 4. The first kappa shape index (κ1) is 13.6. The van der Waals surface area contributed by atoms with Crippen LogP contribution < -0.4 is 0 Å². The number of rotatable bonds is 2. The zero-order valence-electron chi connectivity index (χ0n) is 10.0. The average molecular weight is 230 g/mol. The van der Waals surface area contributed by atoms with Gasteiger partial charge in [0.15, 0.2) is 0 Å². The molecule has 0 aliphatic carbocycles. The summed E-state index contributed by atoms with van der Waals surface area (Å²) in [6, 6.07) is 0. The molecule has 1 fully saturated rings. The van der Waals surface area contributed by atoms with Crippen molar-refractivity contribution in [3.05, 3.63) is 12.7 Å². The first-order valence-corrected chi connectivity index (χ1v) is 5.82. The van der Waals surface area contributed by atoms with Crippen LogP contribution >= 0.6 is 0 Å². The SMILES string of the molecule is C=CCC1COCCOC(C)COCCO1. The second-order valence-corrected chi connectivity index (χ2v) is 3.85. The third-order valence-electron chi connectivity index (χ3n) is 2.30. The Morgan fingerprint density at radius 2 is 1.75 bits per heavy atom. The first-order chi connectivity index (χ1) is 7.83. The monoisotopic (exact) mass is 230 g/mol. The maximum absolute atomic E-state index is 5.63. The quantitative estimate of drug-likeness (QED) is 0.672. The predicted octanol–water partition coefficient (Wildman–Crippen LogP) is 1.40. The van der Waals surface area contributed by atoms with Crippen LogP contribution in [0.1, 0.15) is 13.3 Å². The highest BCUT2D eigenvalue weighted by Crippen LogP contribution is 2.02. The van der Waals surface area contributed by atoms with Gasteiger partial charge in [0.2, 0.25) is 0 Å². The van der Waals surface area contributed by atoms with Crippen LogP contribution in [0, 0.1) is 0 Å². The van der Waals surface area contributed by atoms with E-state index in [-0.39, 0.29) is 12.2 Å². The Bertz CT molecular complexity index is 170. The van der Waals surface area contributed by atoms with E-state index in [1.165, 1.54) is 0 Å². The highest BCUT2D eigenvalue weighted by Gasteiger charge is 2.09. The molecule has 0 aromatic heterocycles. The van der Waals surface area contributed by atoms with Gasteiger partial charge in [-0.2, -0.15) is 0 Å². The van der Waals surface area contributed by atoms with Crippen LogP contribution in [-0.4, -0.2) is 51.8 Å². The van der Waals surface area contributed by atoms with Crippen LogP contribution in [0.25, 0.3) is 0 Å². The van der Waals surface area contributed by atoms with Crippen molar-refractivity contribution in [1.82, 2.24) is 0 Å². The van der Waals surface area contributed by atoms with Gasteiger partial charge >= 0.3 is 0 Å². The van der Waals surface area contributed by atoms with Gasteiger partial charge < -0.3 is 18.9 Å². The Labute approximate surface area is 97.5 Å². The summed E-state index contributed by atoms with van der Waals surface area (Å²) in [6.45, 7) is 9.28. The van der Waals surface area contributed by atoms with Crippen molar-refractivity contribution in [1.29, 1.82) is 0 Å². The van der Waals surface area contributed by atoms with Gasteiger partial charge in [-0.1, -0.05) is 6.08 Å². The van der Waals surface area contributed by atoms with Crippen molar-refractivity contribution in [3.63, 3.8) is 0 Å². The summed E-state index contributed by atoms with van der Waals surface area (Å²) in [6.07, 6.45) is 2.85. The van der Waals surface area contributed by atoms with E-state index in [1.807, 2.05) is 13.0 Å². The third kappa shape index (κ3) is 6.23. The second-order valence-electron chi connectivity index (χ2n) is 3.85. The molecule has 0 radical (unpaired) electrons. The zero-order valence-corrected chi connectivity index (χ0v) is 10.0. The lowest BCUT2D eigenvalue weighted by Gasteiger charge is -2.19. The smallest absolute Gasteiger partial charge is 0.0843 e. The van der Waals surface area contributed by atoms with Crippen molar-refractivity contribution >= 4 is 0 Å². The molecule has 0 N–H and O–H groups in total. The van der Waals surface area contributed by atoms with Crippen molar-refractivity contribution in [2.24, 2.45) is 0 Å². The summed E-state index contributed by atoms with van der Waals surface area (Å²) in [7, 11) is 0. The Kier molecular flexibility index (Phi) is 7.42. The van der Waals surface area contributed by atoms with E-state index in [0.717, 1.165) is 6.42 Å². The molecule has 1 aliphatic rings. The van der Waals surface area contributed by atoms with Crippen LogP contribution in [0.15, 0.2) is 12.7 Å². The molecule has 2 unspecified atom stereocenters. The topological polar surface area (TPSA) is 36.9 Å². The molecular weight excluding hydrogens is 208 g/mol. The van der Waals surface area contributed by atoms with E-state index in [2.05, 4.69) is 6.58 Å². The molecule has 0 amide bonds. The van der Waals surface area contributed by atoms with Crippen LogP contribution in [0.3, 0.4) is 0 Å². The maximum atomic E-state index is 5.63. The van der Waals surface area contributed by atoms with E-state index in [0.29, 0.717) is 39.6 Å². The Morgan fingerprint density at radius 1 is 1.06 bits per heavy atom. The molecule has 1 heterocycles. The van der Waals surface area contributed by atoms with Gasteiger partial charge in [0.25, 0.3) is 0 Å². The lowest BCUT2D eigenvalue weighted by molar-refractivity contribution is -0.0830. The third-order valence-corrected chi connectivity index (χ3v) is 2.30. The molecule has 4 nitrogen and oxygen atoms in total. The predicted molar refractivity (Wildman–Crippen MR) is 61.6 cm³/mol. The van der Waals surface area contributed by atoms with E-state index in [9.17, 15) is 0 Å². The van der Waals surface area contributed by atoms with E-state index < -0.39 is 0 Å². The minimum Gasteiger partial charge on any atom is -0.376 e. The minimum absolute atomic E-state index is 0.0814. The number of hydrogen-bond donors (Lipinski definition) is 0. The molecule has 94 valence electrons. The average Bonchev–Trinajstić information content (AvgIpc) is 2.26. The summed E-state index contributed by atoms with van der Waals surface area (Å²) < 4.78 is 22.0. The van der Waals surface area contributed by atoms with Crippen LogP contribution in [0.5, 0.6) is 0 Å². The number of hydrogen-bond acceptors (Lipinski definition) is 4. The normalized spacial score (nSPS) is 30.1. The summed E-state index contributed by atoms with van der Waals surface area (Å²) in [5, 5.41) is 0. The van der Waals surface area contributed by atoms with E-state index in [1.54, 1.807) is 0 Å². The summed E-state index contributed by atoms with van der Waals surface area (Å²) in [5.74, 6) is 0. The molecule has 1 saturated heterocycles. The van der Waals surface area contributed by atoms with Gasteiger partial charge in [0.1, 0.15) is 0 Å². The molecular formula is C12H22O4. The zero-order chi connectivity index (χ0) is 11.6. The summed E-state index contributed by atoms with van der Waals surface area (Å²) in [4.78, 5) is 0. The van der Waals surface area contributed by atoms with Gasteiger partial charge in [-0.15, -0.1) is 6.58 Å². The molecule has 16 heavy (non-hydrogen) atoms. The molecule has 0 aromatic carbocycles. The van der Waals surface area contributed by atoms with Crippen LogP contribution in [0.2, 0.25) is 0 Å². The molecule has 2 atom stereocenters. The van der Waals surface area contributed by atoms with E-state index in [4.69, 9.17) is 18.9 Å². The van der Waals surface area contributed by atoms with Crippen molar-refractivity contribution in [3.8, 4) is 0 Å². The van der Waals surface area contributed by atoms with Gasteiger partial charge in [-0.3, -0.25) is 0 Å². The summed E-state index contributed by atoms with van der Waals surface area (Å²) >= 11 is 0. The van der Waals surface area contributed by atoms with Crippen molar-refractivity contribution < 1.29 is 18.9 Å². The molecule has 0 spiro atoms. The fraction of sp³-hybridized carbons (Fsp3) is 0.833. The summed E-state index contributed by atoms with van der Waals surface area (Å²) in [5.41, 5.74) is 0. The minimum atomic E-state index is 0.0814. The fourth-order valence-electron chi connectivity index (χ4n) is 1.46. The molecule has 4 heteroatoms. The lowest BCUT2D eigenvalue weighted by atomic mass is 10.2. The molecule has 0 aromatic rings. The van der Waals surface area contributed by atoms with Gasteiger partial charge in [0, 0.05) is 0 Å². The van der Waals surface area contributed by atoms with Gasteiger partial charge in [0.05, 0.1) is 51.8 Å². The van der Waals surface area contributed by atoms with E-state index >= 15 is 0 Å². The largest absolute Gasteiger partial charge is 0.376 e. The Hall–Kier alpha value is -0.420. The van der Waals surface area contributed by atoms with Gasteiger partial charge in [-0.05, 0) is 13.3 Å². The molecule has 0 saturated carbocycles. The van der Waals surface area contributed by atoms with Gasteiger partial charge in [-0.25, -0.2) is 0 Å². The molecule has 0 bridgehead atoms. The highest BCUT2D eigenvalue weighted by molar-refractivity contribution is 4.73. The van der Waals surface area contributed by atoms with Crippen molar-refractivity contribution in [2.45, 2.75) is 25.6 Å². The maximum Gasteiger partial charge on any atom is 0.0843 e. The molecule has 1 rings (SSSR count). The Balaban J connectivity index is 2.27. The second kappa shape index (κ2) is 8.70. The van der Waals surface area contributed by atoms with Crippen LogP contribution in [0.4, 0.5) is 0 Å².